The van der Waals surface area contributed by atoms with E-state index in [1.807, 2.05) is 0 Å². The Morgan fingerprint density at radius 1 is 1.45 bits per heavy atom. The van der Waals surface area contributed by atoms with Gasteiger partial charge in [0, 0.05) is 6.04 Å². The zero-order valence-corrected chi connectivity index (χ0v) is 18.1. The molecule has 0 aromatic carbocycles. The molecule has 0 bridgehead atoms. The lowest BCUT2D eigenvalue weighted by molar-refractivity contribution is -0.142. The average Bonchev–Trinajstić information content (AvgIpc) is 3.13. The number of hydrogen-bond acceptors (Lipinski definition) is 8. The summed E-state index contributed by atoms with van der Waals surface area (Å²) in [5.74, 6) is -1.03. The van der Waals surface area contributed by atoms with Gasteiger partial charge in [-0.05, 0) is 40.5 Å². The number of rotatable bonds is 8. The Balaban J connectivity index is 1.96. The third-order valence-corrected chi connectivity index (χ3v) is 6.97. The Labute approximate surface area is 169 Å². The van der Waals surface area contributed by atoms with Crippen LogP contribution >= 0.6 is 7.52 Å². The maximum absolute atomic E-state index is 12.5. The van der Waals surface area contributed by atoms with Gasteiger partial charge in [-0.2, -0.15) is 0 Å². The topological polar surface area (TPSA) is 140 Å². The molecule has 11 nitrogen and oxygen atoms in total. The van der Waals surface area contributed by atoms with Crippen LogP contribution in [0.3, 0.4) is 0 Å². The fraction of sp³-hybridized carbons (Fsp3) is 0.765. The van der Waals surface area contributed by atoms with E-state index in [2.05, 4.69) is 15.1 Å². The van der Waals surface area contributed by atoms with Gasteiger partial charge in [-0.15, -0.1) is 0 Å². The molecule has 3 amide bonds. The van der Waals surface area contributed by atoms with Crippen molar-refractivity contribution < 1.29 is 37.7 Å². The van der Waals surface area contributed by atoms with Crippen molar-refractivity contribution in [2.45, 2.75) is 65.0 Å². The van der Waals surface area contributed by atoms with Gasteiger partial charge in [-0.25, -0.2) is 9.88 Å². The van der Waals surface area contributed by atoms with Crippen LogP contribution in [0.1, 0.15) is 40.5 Å². The van der Waals surface area contributed by atoms with Crippen LogP contribution in [0.15, 0.2) is 0 Å². The number of amides is 3. The van der Waals surface area contributed by atoms with E-state index in [1.54, 1.807) is 20.8 Å². The molecule has 0 spiro atoms. The average molecular weight is 433 g/mol. The zero-order chi connectivity index (χ0) is 22.0. The normalized spacial score (nSPS) is 29.7. The van der Waals surface area contributed by atoms with E-state index in [0.29, 0.717) is 12.8 Å². The molecule has 29 heavy (non-hydrogen) atoms. The molecule has 2 heterocycles. The van der Waals surface area contributed by atoms with Crippen LogP contribution in [0.4, 0.5) is 4.79 Å². The monoisotopic (exact) mass is 433 g/mol. The van der Waals surface area contributed by atoms with E-state index in [0.717, 1.165) is 0 Å². The van der Waals surface area contributed by atoms with Crippen molar-refractivity contribution in [1.82, 2.24) is 15.3 Å². The first-order valence-electron chi connectivity index (χ1n) is 9.30. The summed E-state index contributed by atoms with van der Waals surface area (Å²) in [7, 11) is -2.76. The second-order valence-electron chi connectivity index (χ2n) is 7.73. The number of carbonyl (C=O) groups excluding carboxylic acids is 4. The van der Waals surface area contributed by atoms with Crippen LogP contribution in [-0.4, -0.2) is 67.0 Å². The first-order chi connectivity index (χ1) is 13.4. The van der Waals surface area contributed by atoms with Gasteiger partial charge < -0.3 is 14.0 Å². The van der Waals surface area contributed by atoms with Crippen molar-refractivity contribution in [3.63, 3.8) is 0 Å². The maximum atomic E-state index is 12.5. The minimum Gasteiger partial charge on any atom is -0.468 e. The third-order valence-electron chi connectivity index (χ3n) is 5.42. The van der Waals surface area contributed by atoms with Crippen molar-refractivity contribution in [2.75, 3.05) is 13.7 Å². The summed E-state index contributed by atoms with van der Waals surface area (Å²) in [5.41, 5.74) is -0.785. The zero-order valence-electron chi connectivity index (χ0n) is 17.2. The maximum Gasteiger partial charge on any atom is 0.332 e. The van der Waals surface area contributed by atoms with E-state index in [4.69, 9.17) is 9.26 Å². The van der Waals surface area contributed by atoms with Crippen molar-refractivity contribution in [1.29, 1.82) is 0 Å². The van der Waals surface area contributed by atoms with Crippen LogP contribution in [0, 0.1) is 5.41 Å². The summed E-state index contributed by atoms with van der Waals surface area (Å²) in [6.07, 6.45) is -0.0956. The summed E-state index contributed by atoms with van der Waals surface area (Å²) in [5, 5.41) is 4.68. The van der Waals surface area contributed by atoms with Crippen LogP contribution in [-0.2, 0) is 32.9 Å². The van der Waals surface area contributed by atoms with E-state index in [1.165, 1.54) is 18.9 Å². The van der Waals surface area contributed by atoms with Gasteiger partial charge in [0.05, 0.1) is 25.2 Å². The molecular formula is C17H28N3O8P. The molecule has 164 valence electrons. The summed E-state index contributed by atoms with van der Waals surface area (Å²) in [6.45, 7) is 6.50. The van der Waals surface area contributed by atoms with E-state index >= 15 is 0 Å². The van der Waals surface area contributed by atoms with Gasteiger partial charge in [0.25, 0.3) is 0 Å². The first-order valence-corrected chi connectivity index (χ1v) is 11.0. The fourth-order valence-corrected chi connectivity index (χ4v) is 4.45. The first kappa shape index (κ1) is 23.5. The van der Waals surface area contributed by atoms with E-state index in [-0.39, 0.29) is 18.5 Å². The highest BCUT2D eigenvalue weighted by atomic mass is 31.2. The molecule has 0 aromatic rings. The number of nitrogens with zero attached hydrogens (tertiary/aromatic N) is 1. The van der Waals surface area contributed by atoms with E-state index in [9.17, 15) is 23.7 Å². The number of esters is 1. The molecule has 2 fully saturated rings. The standard InChI is InChI=1S/C17H28N3O8P/c1-10(14(22)26-5)19-29(25,9-21)27-8-12-6-7-13(28-12)20-11(2)17(3,4)15(23)18-16(20)24/h9-13H,6-8H2,1-5H3,(H,19,25)(H,18,23,24). The number of nitrogens with one attached hydrogen (secondary N) is 2. The minimum atomic E-state index is -3.93. The fourth-order valence-electron chi connectivity index (χ4n) is 3.22. The second kappa shape index (κ2) is 8.91. The number of urea groups is 1. The highest BCUT2D eigenvalue weighted by Crippen LogP contribution is 2.41. The van der Waals surface area contributed by atoms with Crippen molar-refractivity contribution in [3.05, 3.63) is 0 Å². The Morgan fingerprint density at radius 3 is 2.69 bits per heavy atom. The smallest absolute Gasteiger partial charge is 0.332 e. The van der Waals surface area contributed by atoms with Crippen molar-refractivity contribution in [2.24, 2.45) is 5.41 Å². The molecular weight excluding hydrogens is 405 g/mol. The molecule has 0 saturated carbocycles. The van der Waals surface area contributed by atoms with Gasteiger partial charge in [0.15, 0.2) is 0 Å². The second-order valence-corrected chi connectivity index (χ2v) is 9.65. The molecule has 0 aliphatic carbocycles. The van der Waals surface area contributed by atoms with Gasteiger partial charge in [0.1, 0.15) is 12.3 Å². The molecule has 0 aromatic heterocycles. The number of imide groups is 1. The van der Waals surface area contributed by atoms with Crippen LogP contribution in [0.2, 0.25) is 0 Å². The molecule has 0 radical (unpaired) electrons. The van der Waals surface area contributed by atoms with Gasteiger partial charge >= 0.3 is 19.5 Å². The highest BCUT2D eigenvalue weighted by Gasteiger charge is 2.49. The lowest BCUT2D eigenvalue weighted by atomic mass is 9.81. The van der Waals surface area contributed by atoms with Gasteiger partial charge in [-0.1, -0.05) is 0 Å². The molecule has 2 aliphatic heterocycles. The predicted molar refractivity (Wildman–Crippen MR) is 101 cm³/mol. The molecule has 2 N–H and O–H groups in total. The number of carbonyl (C=O) groups is 4. The van der Waals surface area contributed by atoms with Crippen molar-refractivity contribution in [3.8, 4) is 0 Å². The van der Waals surface area contributed by atoms with Crippen LogP contribution in [0.25, 0.3) is 0 Å². The number of ether oxygens (including phenoxy) is 2. The van der Waals surface area contributed by atoms with Crippen LogP contribution in [0.5, 0.6) is 0 Å². The molecule has 2 saturated heterocycles. The minimum absolute atomic E-state index is 0.132. The third kappa shape index (κ3) is 5.03. The van der Waals surface area contributed by atoms with Crippen LogP contribution < -0.4 is 10.4 Å². The molecule has 5 unspecified atom stereocenters. The summed E-state index contributed by atoms with van der Waals surface area (Å²) in [4.78, 5) is 48.5. The Bertz CT molecular complexity index is 727. The SMILES string of the molecule is COC(=O)C(C)NP(=O)(C=O)OCC1CCC(N2C(=O)NC(=O)C(C)(C)C2C)O1. The van der Waals surface area contributed by atoms with Gasteiger partial charge in [0.2, 0.25) is 11.9 Å². The Hall–Kier alpha value is -1.81. The molecule has 2 aliphatic rings. The lowest BCUT2D eigenvalue weighted by Gasteiger charge is -2.45. The highest BCUT2D eigenvalue weighted by molar-refractivity contribution is 7.72. The Kier molecular flexibility index (Phi) is 7.21. The van der Waals surface area contributed by atoms with Crippen molar-refractivity contribution >= 4 is 31.5 Å². The number of hydrogen-bond donors (Lipinski definition) is 2. The Morgan fingerprint density at radius 2 is 2.10 bits per heavy atom. The largest absolute Gasteiger partial charge is 0.468 e. The summed E-state index contributed by atoms with van der Waals surface area (Å²) < 4.78 is 28.1. The molecule has 5 atom stereocenters. The summed E-state index contributed by atoms with van der Waals surface area (Å²) >= 11 is 0. The quantitative estimate of drug-likeness (QED) is 0.326. The predicted octanol–water partition coefficient (Wildman–Crippen LogP) is 1.01. The molecule has 12 heteroatoms. The number of methoxy groups -OCH3 is 1. The molecule has 2 rings (SSSR count). The lowest BCUT2D eigenvalue weighted by Crippen LogP contribution is -2.65. The summed E-state index contributed by atoms with van der Waals surface area (Å²) in [6, 6.07) is -1.78. The van der Waals surface area contributed by atoms with E-state index < -0.39 is 49.4 Å². The van der Waals surface area contributed by atoms with Gasteiger partial charge in [-0.3, -0.25) is 29.2 Å².